The van der Waals surface area contributed by atoms with E-state index in [2.05, 4.69) is 10.2 Å². The monoisotopic (exact) mass is 550 g/mol. The number of piperazine rings is 1. The highest BCUT2D eigenvalue weighted by Crippen LogP contribution is 2.42. The van der Waals surface area contributed by atoms with Crippen LogP contribution >= 0.6 is 11.3 Å². The third kappa shape index (κ3) is 4.61. The van der Waals surface area contributed by atoms with Crippen LogP contribution in [0.2, 0.25) is 0 Å². The van der Waals surface area contributed by atoms with Crippen LogP contribution < -0.4 is 5.32 Å². The highest BCUT2D eigenvalue weighted by molar-refractivity contribution is 7.10. The van der Waals surface area contributed by atoms with Crippen molar-refractivity contribution in [2.24, 2.45) is 0 Å². The summed E-state index contributed by atoms with van der Waals surface area (Å²) in [6.07, 6.45) is 2.21. The van der Waals surface area contributed by atoms with Gasteiger partial charge in [0, 0.05) is 36.6 Å². The molecule has 1 spiro atoms. The number of amides is 4. The number of carbonyl (C=O) groups is 3. The quantitative estimate of drug-likeness (QED) is 0.487. The molecule has 39 heavy (non-hydrogen) atoms. The Hall–Kier alpha value is -3.63. The lowest BCUT2D eigenvalue weighted by atomic mass is 9.80. The molecule has 202 valence electrons. The van der Waals surface area contributed by atoms with Gasteiger partial charge in [-0.25, -0.2) is 13.6 Å². The molecule has 0 radical (unpaired) electrons. The van der Waals surface area contributed by atoms with E-state index in [0.717, 1.165) is 39.3 Å². The molecule has 2 aliphatic heterocycles. The number of hydrogen-bond acceptors (Lipinski definition) is 5. The molecule has 1 atom stereocenters. The smallest absolute Gasteiger partial charge is 0.325 e. The van der Waals surface area contributed by atoms with Gasteiger partial charge in [0.05, 0.1) is 6.04 Å². The van der Waals surface area contributed by atoms with E-state index in [4.69, 9.17) is 0 Å². The second-order valence-electron chi connectivity index (χ2n) is 10.3. The molecule has 0 unspecified atom stereocenters. The van der Waals surface area contributed by atoms with Crippen molar-refractivity contribution in [2.45, 2.75) is 30.8 Å². The second kappa shape index (κ2) is 10.2. The standard InChI is InChI=1S/C29H28F2N4O3S/c30-21-7-3-19(4-8-21)26(20-5-9-22(31)10-6-20)34-15-13-33(14-16-34)25(36)18-35-27(37)29(32-28(35)38)12-1-2-24-23(29)11-17-39-24/h3-11,17,26H,1-2,12-16,18H2,(H,32,38)/t29-/m1/s1. The van der Waals surface area contributed by atoms with E-state index < -0.39 is 11.6 Å². The maximum absolute atomic E-state index is 13.6. The number of nitrogens with one attached hydrogen (secondary N) is 1. The molecule has 2 aromatic carbocycles. The Morgan fingerprint density at radius 2 is 1.54 bits per heavy atom. The Balaban J connectivity index is 1.14. The predicted molar refractivity (Wildman–Crippen MR) is 142 cm³/mol. The van der Waals surface area contributed by atoms with Crippen LogP contribution in [0, 0.1) is 11.6 Å². The number of carbonyl (C=O) groups excluding carboxylic acids is 3. The molecule has 1 N–H and O–H groups in total. The molecule has 3 aliphatic rings. The Morgan fingerprint density at radius 1 is 0.923 bits per heavy atom. The minimum Gasteiger partial charge on any atom is -0.339 e. The molecule has 2 saturated heterocycles. The van der Waals surface area contributed by atoms with Gasteiger partial charge in [0.1, 0.15) is 23.7 Å². The molecule has 2 fully saturated rings. The summed E-state index contributed by atoms with van der Waals surface area (Å²) in [6, 6.07) is 13.6. The van der Waals surface area contributed by atoms with E-state index >= 15 is 0 Å². The van der Waals surface area contributed by atoms with Crippen molar-refractivity contribution in [2.75, 3.05) is 32.7 Å². The van der Waals surface area contributed by atoms with Gasteiger partial charge in [0.15, 0.2) is 0 Å². The third-order valence-corrected chi connectivity index (χ3v) is 9.01. The third-order valence-electron chi connectivity index (χ3n) is 8.03. The molecule has 0 saturated carbocycles. The number of imide groups is 1. The van der Waals surface area contributed by atoms with Crippen LogP contribution in [0.3, 0.4) is 0 Å². The van der Waals surface area contributed by atoms with E-state index in [1.54, 1.807) is 40.5 Å². The van der Waals surface area contributed by atoms with E-state index in [0.29, 0.717) is 32.6 Å². The Bertz CT molecular complexity index is 1360. The molecular weight excluding hydrogens is 522 g/mol. The van der Waals surface area contributed by atoms with Crippen LogP contribution in [0.15, 0.2) is 60.0 Å². The normalized spacial score (nSPS) is 21.5. The number of rotatable bonds is 5. The van der Waals surface area contributed by atoms with Gasteiger partial charge in [0.2, 0.25) is 5.91 Å². The number of aryl methyl sites for hydroxylation is 1. The van der Waals surface area contributed by atoms with Gasteiger partial charge in [-0.3, -0.25) is 19.4 Å². The number of halogens is 2. The fourth-order valence-electron chi connectivity index (χ4n) is 6.05. The molecule has 0 bridgehead atoms. The molecule has 1 aromatic heterocycles. The Labute approximate surface area is 229 Å². The summed E-state index contributed by atoms with van der Waals surface area (Å²) in [5, 5.41) is 4.84. The molecule has 1 aliphatic carbocycles. The van der Waals surface area contributed by atoms with Crippen LogP contribution in [-0.2, 0) is 21.5 Å². The highest BCUT2D eigenvalue weighted by atomic mass is 32.1. The zero-order valence-corrected chi connectivity index (χ0v) is 22.1. The van der Waals surface area contributed by atoms with Crippen molar-refractivity contribution in [3.63, 3.8) is 0 Å². The summed E-state index contributed by atoms with van der Waals surface area (Å²) in [7, 11) is 0. The molecule has 4 amide bonds. The average Bonchev–Trinajstić information content (AvgIpc) is 3.52. The molecule has 3 heterocycles. The van der Waals surface area contributed by atoms with Gasteiger partial charge < -0.3 is 10.2 Å². The van der Waals surface area contributed by atoms with Crippen LogP contribution in [0.5, 0.6) is 0 Å². The van der Waals surface area contributed by atoms with Crippen molar-refractivity contribution >= 4 is 29.2 Å². The maximum Gasteiger partial charge on any atom is 0.325 e. The van der Waals surface area contributed by atoms with Crippen molar-refractivity contribution in [3.05, 3.63) is 93.2 Å². The number of thiophene rings is 1. The lowest BCUT2D eigenvalue weighted by Gasteiger charge is -2.40. The first-order valence-corrected chi connectivity index (χ1v) is 14.0. The lowest BCUT2D eigenvalue weighted by Crippen LogP contribution is -2.53. The summed E-state index contributed by atoms with van der Waals surface area (Å²) >= 11 is 1.59. The lowest BCUT2D eigenvalue weighted by molar-refractivity contribution is -0.140. The van der Waals surface area contributed by atoms with Gasteiger partial charge in [-0.1, -0.05) is 24.3 Å². The Morgan fingerprint density at radius 3 is 2.15 bits per heavy atom. The summed E-state index contributed by atoms with van der Waals surface area (Å²) in [6.45, 7) is 1.55. The summed E-state index contributed by atoms with van der Waals surface area (Å²) in [5.74, 6) is -1.31. The summed E-state index contributed by atoms with van der Waals surface area (Å²) in [4.78, 5) is 45.6. The van der Waals surface area contributed by atoms with E-state index in [1.165, 1.54) is 24.3 Å². The summed E-state index contributed by atoms with van der Waals surface area (Å²) < 4.78 is 27.2. The van der Waals surface area contributed by atoms with Crippen molar-refractivity contribution in [1.82, 2.24) is 20.0 Å². The zero-order valence-electron chi connectivity index (χ0n) is 21.2. The fourth-order valence-corrected chi connectivity index (χ4v) is 7.05. The largest absolute Gasteiger partial charge is 0.339 e. The maximum atomic E-state index is 13.6. The number of hydrogen-bond donors (Lipinski definition) is 1. The topological polar surface area (TPSA) is 73.0 Å². The van der Waals surface area contributed by atoms with Crippen molar-refractivity contribution < 1.29 is 23.2 Å². The number of benzene rings is 2. The van der Waals surface area contributed by atoms with Crippen LogP contribution in [0.1, 0.15) is 40.5 Å². The highest BCUT2D eigenvalue weighted by Gasteiger charge is 2.54. The van der Waals surface area contributed by atoms with E-state index in [1.807, 2.05) is 11.4 Å². The summed E-state index contributed by atoms with van der Waals surface area (Å²) in [5.41, 5.74) is 1.52. The number of nitrogens with zero attached hydrogens (tertiary/aromatic N) is 3. The number of urea groups is 1. The SMILES string of the molecule is O=C(CN1C(=O)N[C@@]2(CCCc3sccc32)C1=O)N1CCN(C(c2ccc(F)cc2)c2ccc(F)cc2)CC1. The molecule has 7 nitrogen and oxygen atoms in total. The minimum absolute atomic E-state index is 0.236. The minimum atomic E-state index is -1.07. The van der Waals surface area contributed by atoms with Crippen LogP contribution in [0.25, 0.3) is 0 Å². The fraction of sp³-hybridized carbons (Fsp3) is 0.345. The first-order valence-electron chi connectivity index (χ1n) is 13.1. The first-order chi connectivity index (χ1) is 18.9. The Kier molecular flexibility index (Phi) is 6.68. The zero-order chi connectivity index (χ0) is 27.1. The second-order valence-corrected chi connectivity index (χ2v) is 11.3. The predicted octanol–water partition coefficient (Wildman–Crippen LogP) is 4.04. The molecule has 3 aromatic rings. The molecular formula is C29H28F2N4O3S. The van der Waals surface area contributed by atoms with E-state index in [9.17, 15) is 23.2 Å². The van der Waals surface area contributed by atoms with Crippen LogP contribution in [-0.4, -0.2) is 65.3 Å². The molecule has 10 heteroatoms. The average molecular weight is 551 g/mol. The number of fused-ring (bicyclic) bond motifs is 2. The van der Waals surface area contributed by atoms with Gasteiger partial charge in [0.25, 0.3) is 5.91 Å². The van der Waals surface area contributed by atoms with Gasteiger partial charge in [-0.2, -0.15) is 0 Å². The van der Waals surface area contributed by atoms with Gasteiger partial charge in [-0.15, -0.1) is 11.3 Å². The van der Waals surface area contributed by atoms with Gasteiger partial charge >= 0.3 is 6.03 Å². The van der Waals surface area contributed by atoms with Gasteiger partial charge in [-0.05, 0) is 66.1 Å². The molecule has 6 rings (SSSR count). The van der Waals surface area contributed by atoms with Crippen LogP contribution in [0.4, 0.5) is 13.6 Å². The first kappa shape index (κ1) is 25.6. The van der Waals surface area contributed by atoms with Crippen molar-refractivity contribution in [3.8, 4) is 0 Å². The van der Waals surface area contributed by atoms with Crippen molar-refractivity contribution in [1.29, 1.82) is 0 Å². The van der Waals surface area contributed by atoms with E-state index in [-0.39, 0.29) is 36.0 Å².